The Morgan fingerprint density at radius 3 is 2.94 bits per heavy atom. The molecular formula is C12H14BrN3. The Bertz CT molecular complexity index is 500. The third kappa shape index (κ3) is 1.66. The first-order valence-corrected chi connectivity index (χ1v) is 6.47. The lowest BCUT2D eigenvalue weighted by atomic mass is 10.1. The van der Waals surface area contributed by atoms with Gasteiger partial charge in [-0.2, -0.15) is 0 Å². The average Bonchev–Trinajstić information content (AvgIpc) is 2.75. The van der Waals surface area contributed by atoms with Crippen LogP contribution in [0.3, 0.4) is 0 Å². The van der Waals surface area contributed by atoms with Crippen LogP contribution < -0.4 is 5.32 Å². The number of benzene rings is 1. The number of fused-ring (bicyclic) bond motifs is 1. The highest BCUT2D eigenvalue weighted by Crippen LogP contribution is 2.27. The number of imidazole rings is 1. The SMILES string of the molecule is Brc1cccc2c1ncn2C1CCNCC1. The Kier molecular flexibility index (Phi) is 2.69. The summed E-state index contributed by atoms with van der Waals surface area (Å²) in [4.78, 5) is 4.49. The minimum absolute atomic E-state index is 0.598. The van der Waals surface area contributed by atoms with Crippen LogP contribution in [-0.4, -0.2) is 22.6 Å². The molecule has 0 saturated carbocycles. The van der Waals surface area contributed by atoms with E-state index >= 15 is 0 Å². The lowest BCUT2D eigenvalue weighted by Gasteiger charge is -2.24. The molecule has 2 heterocycles. The van der Waals surface area contributed by atoms with E-state index in [1.165, 1.54) is 18.4 Å². The quantitative estimate of drug-likeness (QED) is 0.870. The average molecular weight is 280 g/mol. The van der Waals surface area contributed by atoms with Crippen LogP contribution in [0.15, 0.2) is 29.0 Å². The molecule has 1 aliphatic rings. The molecule has 0 amide bonds. The molecule has 0 aliphatic carbocycles. The van der Waals surface area contributed by atoms with Crippen molar-refractivity contribution in [3.8, 4) is 0 Å². The molecule has 2 aromatic rings. The van der Waals surface area contributed by atoms with Gasteiger partial charge in [0.2, 0.25) is 0 Å². The highest BCUT2D eigenvalue weighted by Gasteiger charge is 2.17. The second kappa shape index (κ2) is 4.18. The zero-order chi connectivity index (χ0) is 11.0. The molecule has 3 rings (SSSR count). The van der Waals surface area contributed by atoms with Gasteiger partial charge in [0.1, 0.15) is 5.52 Å². The van der Waals surface area contributed by atoms with Crippen LogP contribution in [-0.2, 0) is 0 Å². The summed E-state index contributed by atoms with van der Waals surface area (Å²) >= 11 is 3.55. The van der Waals surface area contributed by atoms with Gasteiger partial charge in [0.15, 0.2) is 0 Å². The summed E-state index contributed by atoms with van der Waals surface area (Å²) in [5.74, 6) is 0. The number of aromatic nitrogens is 2. The molecule has 4 heteroatoms. The molecule has 1 saturated heterocycles. The molecule has 0 unspecified atom stereocenters. The molecule has 0 spiro atoms. The van der Waals surface area contributed by atoms with Crippen molar-refractivity contribution in [3.63, 3.8) is 0 Å². The summed E-state index contributed by atoms with van der Waals surface area (Å²) in [7, 11) is 0. The smallest absolute Gasteiger partial charge is 0.103 e. The zero-order valence-electron chi connectivity index (χ0n) is 8.99. The maximum Gasteiger partial charge on any atom is 0.103 e. The second-order valence-corrected chi connectivity index (χ2v) is 5.09. The molecule has 1 aromatic heterocycles. The van der Waals surface area contributed by atoms with Gasteiger partial charge < -0.3 is 9.88 Å². The first-order valence-electron chi connectivity index (χ1n) is 5.68. The molecule has 1 aliphatic heterocycles. The summed E-state index contributed by atoms with van der Waals surface area (Å²) in [6.45, 7) is 2.22. The van der Waals surface area contributed by atoms with Gasteiger partial charge >= 0.3 is 0 Å². The normalized spacial score (nSPS) is 18.1. The van der Waals surface area contributed by atoms with Gasteiger partial charge in [-0.15, -0.1) is 0 Å². The Morgan fingerprint density at radius 2 is 2.12 bits per heavy atom. The number of halogens is 1. The topological polar surface area (TPSA) is 29.9 Å². The predicted molar refractivity (Wildman–Crippen MR) is 68.6 cm³/mol. The van der Waals surface area contributed by atoms with Crippen molar-refractivity contribution in [2.75, 3.05) is 13.1 Å². The third-order valence-corrected chi connectivity index (χ3v) is 3.90. The summed E-state index contributed by atoms with van der Waals surface area (Å²) in [5, 5.41) is 3.39. The Morgan fingerprint density at radius 1 is 1.31 bits per heavy atom. The van der Waals surface area contributed by atoms with Gasteiger partial charge in [0, 0.05) is 10.5 Å². The van der Waals surface area contributed by atoms with E-state index in [0.29, 0.717) is 6.04 Å². The van der Waals surface area contributed by atoms with E-state index in [-0.39, 0.29) is 0 Å². The van der Waals surface area contributed by atoms with Crippen LogP contribution in [0.5, 0.6) is 0 Å². The molecule has 84 valence electrons. The van der Waals surface area contributed by atoms with Crippen molar-refractivity contribution < 1.29 is 0 Å². The van der Waals surface area contributed by atoms with E-state index in [1.807, 2.05) is 12.4 Å². The van der Waals surface area contributed by atoms with Crippen molar-refractivity contribution in [3.05, 3.63) is 29.0 Å². The minimum Gasteiger partial charge on any atom is -0.327 e. The monoisotopic (exact) mass is 279 g/mol. The van der Waals surface area contributed by atoms with Crippen molar-refractivity contribution in [1.29, 1.82) is 0 Å². The molecular weight excluding hydrogens is 266 g/mol. The van der Waals surface area contributed by atoms with Crippen LogP contribution in [0, 0.1) is 0 Å². The summed E-state index contributed by atoms with van der Waals surface area (Å²) in [6, 6.07) is 6.86. The van der Waals surface area contributed by atoms with E-state index in [9.17, 15) is 0 Å². The molecule has 1 aromatic carbocycles. The van der Waals surface area contributed by atoms with Gasteiger partial charge in [-0.1, -0.05) is 6.07 Å². The van der Waals surface area contributed by atoms with E-state index in [2.05, 4.69) is 42.9 Å². The molecule has 1 fully saturated rings. The second-order valence-electron chi connectivity index (χ2n) is 4.24. The van der Waals surface area contributed by atoms with Crippen LogP contribution in [0.25, 0.3) is 11.0 Å². The Balaban J connectivity index is 2.06. The molecule has 1 N–H and O–H groups in total. The molecule has 16 heavy (non-hydrogen) atoms. The molecule has 0 atom stereocenters. The number of rotatable bonds is 1. The van der Waals surface area contributed by atoms with Crippen molar-refractivity contribution in [1.82, 2.24) is 14.9 Å². The zero-order valence-corrected chi connectivity index (χ0v) is 10.6. The molecule has 3 nitrogen and oxygen atoms in total. The third-order valence-electron chi connectivity index (χ3n) is 3.26. The number of hydrogen-bond acceptors (Lipinski definition) is 2. The van der Waals surface area contributed by atoms with Gasteiger partial charge in [-0.3, -0.25) is 0 Å². The first kappa shape index (κ1) is 10.3. The minimum atomic E-state index is 0.598. The lowest BCUT2D eigenvalue weighted by Crippen LogP contribution is -2.29. The highest BCUT2D eigenvalue weighted by atomic mass is 79.9. The van der Waals surface area contributed by atoms with Gasteiger partial charge in [0.05, 0.1) is 11.8 Å². The van der Waals surface area contributed by atoms with E-state index in [1.54, 1.807) is 0 Å². The summed E-state index contributed by atoms with van der Waals surface area (Å²) < 4.78 is 3.40. The fourth-order valence-corrected chi connectivity index (χ4v) is 2.86. The fraction of sp³-hybridized carbons (Fsp3) is 0.417. The highest BCUT2D eigenvalue weighted by molar-refractivity contribution is 9.10. The molecule has 0 radical (unpaired) electrons. The predicted octanol–water partition coefficient (Wildman–Crippen LogP) is 2.72. The number of para-hydroxylation sites is 1. The number of nitrogens with one attached hydrogen (secondary N) is 1. The summed E-state index contributed by atoms with van der Waals surface area (Å²) in [6.07, 6.45) is 4.36. The number of piperidine rings is 1. The number of nitrogens with zero attached hydrogens (tertiary/aromatic N) is 2. The van der Waals surface area contributed by atoms with Crippen LogP contribution >= 0.6 is 15.9 Å². The largest absolute Gasteiger partial charge is 0.327 e. The summed E-state index contributed by atoms with van der Waals surface area (Å²) in [5.41, 5.74) is 2.31. The Labute approximate surface area is 103 Å². The fourth-order valence-electron chi connectivity index (χ4n) is 2.40. The number of hydrogen-bond donors (Lipinski definition) is 1. The Hall–Kier alpha value is -0.870. The van der Waals surface area contributed by atoms with E-state index in [0.717, 1.165) is 23.1 Å². The lowest BCUT2D eigenvalue weighted by molar-refractivity contribution is 0.374. The van der Waals surface area contributed by atoms with E-state index < -0.39 is 0 Å². The maximum atomic E-state index is 4.49. The van der Waals surface area contributed by atoms with E-state index in [4.69, 9.17) is 0 Å². The van der Waals surface area contributed by atoms with Gasteiger partial charge in [-0.05, 0) is 54.0 Å². The van der Waals surface area contributed by atoms with Gasteiger partial charge in [0.25, 0.3) is 0 Å². The standard InChI is InChI=1S/C12H14BrN3/c13-10-2-1-3-11-12(10)15-8-16(11)9-4-6-14-7-5-9/h1-3,8-9,14H,4-7H2. The first-order chi connectivity index (χ1) is 7.86. The van der Waals surface area contributed by atoms with Crippen LogP contribution in [0.1, 0.15) is 18.9 Å². The van der Waals surface area contributed by atoms with Crippen molar-refractivity contribution in [2.24, 2.45) is 0 Å². The van der Waals surface area contributed by atoms with Crippen LogP contribution in [0.2, 0.25) is 0 Å². The van der Waals surface area contributed by atoms with Crippen LogP contribution in [0.4, 0.5) is 0 Å². The van der Waals surface area contributed by atoms with Gasteiger partial charge in [-0.25, -0.2) is 4.98 Å². The van der Waals surface area contributed by atoms with Crippen molar-refractivity contribution >= 4 is 27.0 Å². The van der Waals surface area contributed by atoms with Crippen molar-refractivity contribution in [2.45, 2.75) is 18.9 Å². The molecule has 0 bridgehead atoms. The maximum absolute atomic E-state index is 4.49.